The third kappa shape index (κ3) is 3.15. The Balaban J connectivity index is 2.48. The first-order valence-electron chi connectivity index (χ1n) is 6.66. The van der Waals surface area contributed by atoms with Crippen LogP contribution in [0.1, 0.15) is 33.4 Å². The quantitative estimate of drug-likeness (QED) is 0.734. The summed E-state index contributed by atoms with van der Waals surface area (Å²) in [6, 6.07) is 9.26. The van der Waals surface area contributed by atoms with E-state index < -0.39 is 0 Å². The average Bonchev–Trinajstić information content (AvgIpc) is 2.25. The van der Waals surface area contributed by atoms with E-state index in [1.165, 1.54) is 33.4 Å². The molecule has 0 heterocycles. The molecule has 0 atom stereocenters. The van der Waals surface area contributed by atoms with Gasteiger partial charge in [0, 0.05) is 0 Å². The molecule has 19 heavy (non-hydrogen) atoms. The monoisotopic (exact) mass is 340 g/mol. The van der Waals surface area contributed by atoms with E-state index in [9.17, 15) is 0 Å². The van der Waals surface area contributed by atoms with Crippen LogP contribution in [0.25, 0.3) is 0 Å². The van der Waals surface area contributed by atoms with Crippen molar-refractivity contribution in [2.45, 2.75) is 41.5 Å². The fourth-order valence-electron chi connectivity index (χ4n) is 2.68. The van der Waals surface area contributed by atoms with E-state index in [2.05, 4.69) is 65.8 Å². The van der Waals surface area contributed by atoms with Gasteiger partial charge in [0.1, 0.15) is 0 Å². The zero-order valence-corrected chi connectivity index (χ0v) is 14.4. The van der Waals surface area contributed by atoms with Gasteiger partial charge in [0.15, 0.2) is 0 Å². The van der Waals surface area contributed by atoms with Crippen LogP contribution >= 0.6 is 0 Å². The van der Waals surface area contributed by atoms with Crippen LogP contribution in [0.4, 0.5) is 0 Å². The van der Waals surface area contributed by atoms with Crippen LogP contribution < -0.4 is 8.32 Å². The minimum absolute atomic E-state index is 0.123. The third-order valence-corrected chi connectivity index (χ3v) is 6.91. The fraction of sp³-hybridized carbons (Fsp3) is 0.333. The Hall–Kier alpha value is -0.937. The molecular weight excluding hydrogens is 317 g/mol. The van der Waals surface area contributed by atoms with Crippen molar-refractivity contribution in [1.29, 1.82) is 0 Å². The van der Waals surface area contributed by atoms with Crippen molar-refractivity contribution in [3.63, 3.8) is 0 Å². The molecule has 0 bridgehead atoms. The maximum absolute atomic E-state index is 2.32. The molecule has 0 saturated carbocycles. The number of benzene rings is 2. The maximum atomic E-state index is 2.32. The third-order valence-electron chi connectivity index (χ3n) is 3.30. The van der Waals surface area contributed by atoms with Gasteiger partial charge in [-0.15, -0.1) is 0 Å². The summed E-state index contributed by atoms with van der Waals surface area (Å²) >= 11 is 0.123. The summed E-state index contributed by atoms with van der Waals surface area (Å²) in [5.41, 5.74) is 8.56. The van der Waals surface area contributed by atoms with Gasteiger partial charge in [0.25, 0.3) is 0 Å². The van der Waals surface area contributed by atoms with Gasteiger partial charge in [-0.25, -0.2) is 0 Å². The van der Waals surface area contributed by atoms with Gasteiger partial charge in [-0.1, -0.05) is 0 Å². The molecule has 2 aromatic rings. The molecule has 2 rings (SSSR count). The van der Waals surface area contributed by atoms with Gasteiger partial charge in [-0.3, -0.25) is 0 Å². The topological polar surface area (TPSA) is 0 Å². The number of aryl methyl sites for hydroxylation is 6. The first-order chi connectivity index (χ1) is 8.88. The molecular formula is C18H22Ru. The Kier molecular flexibility index (Phi) is 4.26. The second-order valence-corrected chi connectivity index (χ2v) is 7.66. The minimum atomic E-state index is 0.123. The molecule has 0 spiro atoms. The molecule has 0 saturated heterocycles. The van der Waals surface area contributed by atoms with Crippen LogP contribution in [0, 0.1) is 41.5 Å². The van der Waals surface area contributed by atoms with Gasteiger partial charge < -0.3 is 0 Å². The number of hydrogen-bond acceptors (Lipinski definition) is 0. The van der Waals surface area contributed by atoms with E-state index in [-0.39, 0.29) is 17.1 Å². The predicted molar refractivity (Wildman–Crippen MR) is 80.6 cm³/mol. The molecule has 0 aliphatic heterocycles. The van der Waals surface area contributed by atoms with E-state index in [1.54, 1.807) is 8.32 Å². The van der Waals surface area contributed by atoms with Gasteiger partial charge in [0.2, 0.25) is 0 Å². The van der Waals surface area contributed by atoms with E-state index in [4.69, 9.17) is 0 Å². The number of rotatable bonds is 2. The van der Waals surface area contributed by atoms with E-state index >= 15 is 0 Å². The average molecular weight is 339 g/mol. The van der Waals surface area contributed by atoms with Crippen molar-refractivity contribution in [2.24, 2.45) is 0 Å². The molecule has 0 amide bonds. The van der Waals surface area contributed by atoms with Crippen molar-refractivity contribution in [3.05, 3.63) is 57.6 Å². The van der Waals surface area contributed by atoms with Gasteiger partial charge >= 0.3 is 125 Å². The zero-order valence-electron chi connectivity index (χ0n) is 12.7. The van der Waals surface area contributed by atoms with E-state index in [1.807, 2.05) is 0 Å². The molecule has 0 N–H and O–H groups in total. The molecule has 1 heteroatoms. The standard InChI is InChI=1S/2C9H11.Ru/c2*1-7-4-8(2)6-9(3)5-7;/h2*4-5H,1-3H3;. The van der Waals surface area contributed by atoms with Crippen LogP contribution in [0.2, 0.25) is 0 Å². The summed E-state index contributed by atoms with van der Waals surface area (Å²) in [4.78, 5) is 0. The van der Waals surface area contributed by atoms with Crippen LogP contribution in [0.5, 0.6) is 0 Å². The van der Waals surface area contributed by atoms with E-state index in [0.29, 0.717) is 0 Å². The van der Waals surface area contributed by atoms with Crippen LogP contribution in [0.3, 0.4) is 0 Å². The first kappa shape index (κ1) is 14.5. The fourth-order valence-corrected chi connectivity index (χ4v) is 4.99. The van der Waals surface area contributed by atoms with Gasteiger partial charge in [-0.05, 0) is 0 Å². The van der Waals surface area contributed by atoms with Crippen molar-refractivity contribution in [3.8, 4) is 0 Å². The Morgan fingerprint density at radius 1 is 0.526 bits per heavy atom. The van der Waals surface area contributed by atoms with Crippen LogP contribution in [-0.2, 0) is 17.1 Å². The number of hydrogen-bond donors (Lipinski definition) is 0. The molecule has 0 nitrogen and oxygen atoms in total. The van der Waals surface area contributed by atoms with Crippen molar-refractivity contribution < 1.29 is 17.1 Å². The normalized spacial score (nSPS) is 11.1. The van der Waals surface area contributed by atoms with Crippen LogP contribution in [0.15, 0.2) is 24.3 Å². The Bertz CT molecular complexity index is 522. The predicted octanol–water partition coefficient (Wildman–Crippen LogP) is 3.57. The summed E-state index contributed by atoms with van der Waals surface area (Å²) in [5.74, 6) is 0. The Morgan fingerprint density at radius 2 is 0.789 bits per heavy atom. The molecule has 0 aliphatic rings. The molecule has 0 radical (unpaired) electrons. The summed E-state index contributed by atoms with van der Waals surface area (Å²) in [6.07, 6.45) is 0. The van der Waals surface area contributed by atoms with Crippen LogP contribution in [-0.4, -0.2) is 0 Å². The second kappa shape index (κ2) is 5.59. The van der Waals surface area contributed by atoms with Crippen molar-refractivity contribution in [2.75, 3.05) is 0 Å². The second-order valence-electron chi connectivity index (χ2n) is 5.49. The summed E-state index contributed by atoms with van der Waals surface area (Å²) in [7, 11) is 0. The summed E-state index contributed by atoms with van der Waals surface area (Å²) in [6.45, 7) is 13.4. The van der Waals surface area contributed by atoms with Crippen molar-refractivity contribution in [1.82, 2.24) is 0 Å². The molecule has 0 unspecified atom stereocenters. The van der Waals surface area contributed by atoms with E-state index in [0.717, 1.165) is 0 Å². The zero-order chi connectivity index (χ0) is 14.2. The Morgan fingerprint density at radius 3 is 1.05 bits per heavy atom. The van der Waals surface area contributed by atoms with Gasteiger partial charge in [0.05, 0.1) is 0 Å². The molecule has 0 aromatic heterocycles. The first-order valence-corrected chi connectivity index (χ1v) is 8.40. The SMILES string of the molecule is Cc1cc(C)[c]([Ru][c]2c(C)cc(C)cc2C)c(C)c1. The van der Waals surface area contributed by atoms with Crippen molar-refractivity contribution >= 4 is 8.32 Å². The molecule has 102 valence electrons. The molecule has 0 fully saturated rings. The molecule has 0 aliphatic carbocycles. The Labute approximate surface area is 124 Å². The van der Waals surface area contributed by atoms with Gasteiger partial charge in [-0.2, -0.15) is 0 Å². The summed E-state index contributed by atoms with van der Waals surface area (Å²) in [5, 5.41) is 0. The summed E-state index contributed by atoms with van der Waals surface area (Å²) < 4.78 is 3.15. The molecule has 2 aromatic carbocycles.